The fraction of sp³-hybridized carbons (Fsp3) is 0. The molecule has 1 aromatic heterocycles. The van der Waals surface area contributed by atoms with Crippen molar-refractivity contribution in [1.82, 2.24) is 4.98 Å². The molecule has 0 saturated heterocycles. The van der Waals surface area contributed by atoms with Crippen molar-refractivity contribution in [2.24, 2.45) is 0 Å². The number of halogens is 3. The van der Waals surface area contributed by atoms with Crippen molar-refractivity contribution in [3.05, 3.63) is 27.8 Å². The van der Waals surface area contributed by atoms with Crippen LogP contribution in [-0.2, 0) is 0 Å². The summed E-state index contributed by atoms with van der Waals surface area (Å²) < 4.78 is 12.8. The van der Waals surface area contributed by atoms with Crippen LogP contribution < -0.4 is 0 Å². The quantitative estimate of drug-likeness (QED) is 0.590. The maximum Gasteiger partial charge on any atom is 0.164 e. The molecule has 0 bridgehead atoms. The van der Waals surface area contributed by atoms with Gasteiger partial charge in [0.05, 0.1) is 11.2 Å². The normalized spacial score (nSPS) is 9.27. The number of aromatic nitrogens is 1. The van der Waals surface area contributed by atoms with Crippen molar-refractivity contribution in [2.75, 3.05) is 0 Å². The van der Waals surface area contributed by atoms with Crippen LogP contribution in [0.2, 0.25) is 10.2 Å². The van der Waals surface area contributed by atoms with E-state index in [2.05, 4.69) is 4.98 Å². The van der Waals surface area contributed by atoms with Crippen molar-refractivity contribution < 1.29 is 4.39 Å². The highest BCUT2D eigenvalue weighted by Gasteiger charge is 2.10. The van der Waals surface area contributed by atoms with Gasteiger partial charge in [-0.05, 0) is 0 Å². The fourth-order valence-corrected chi connectivity index (χ4v) is 0.857. The number of hydrogen-bond donors (Lipinski definition) is 0. The smallest absolute Gasteiger partial charge is 0.164 e. The molecule has 0 unspecified atom stereocenters. The molecule has 5 heteroatoms. The summed E-state index contributed by atoms with van der Waals surface area (Å²) in [5, 5.41) is 7.98. The Kier molecular flexibility index (Phi) is 2.28. The van der Waals surface area contributed by atoms with Crippen LogP contribution in [0.15, 0.2) is 6.20 Å². The zero-order valence-electron chi connectivity index (χ0n) is 5.11. The van der Waals surface area contributed by atoms with E-state index in [1.165, 1.54) is 0 Å². The highest BCUT2D eigenvalue weighted by molar-refractivity contribution is 6.32. The van der Waals surface area contributed by atoms with Crippen molar-refractivity contribution in [3.63, 3.8) is 0 Å². The first-order valence-corrected chi connectivity index (χ1v) is 3.32. The fourth-order valence-electron chi connectivity index (χ4n) is 0.540. The molecule has 1 heterocycles. The lowest BCUT2D eigenvalue weighted by Gasteiger charge is -1.96. The zero-order valence-corrected chi connectivity index (χ0v) is 6.62. The first-order valence-electron chi connectivity index (χ1n) is 2.56. The van der Waals surface area contributed by atoms with E-state index in [0.717, 1.165) is 6.20 Å². The van der Waals surface area contributed by atoms with E-state index in [9.17, 15) is 4.39 Å². The van der Waals surface area contributed by atoms with Gasteiger partial charge in [-0.15, -0.1) is 0 Å². The van der Waals surface area contributed by atoms with E-state index in [1.54, 1.807) is 6.07 Å². The molecule has 1 rings (SSSR count). The molecule has 2 nitrogen and oxygen atoms in total. The van der Waals surface area contributed by atoms with Crippen LogP contribution >= 0.6 is 23.2 Å². The van der Waals surface area contributed by atoms with E-state index < -0.39 is 5.82 Å². The molecule has 0 aliphatic rings. The number of nitriles is 1. The molecule has 0 amide bonds. The van der Waals surface area contributed by atoms with Gasteiger partial charge in [0.15, 0.2) is 5.82 Å². The van der Waals surface area contributed by atoms with Crippen LogP contribution in [0, 0.1) is 17.1 Å². The third kappa shape index (κ3) is 1.42. The van der Waals surface area contributed by atoms with Gasteiger partial charge in [-0.3, -0.25) is 0 Å². The van der Waals surface area contributed by atoms with Gasteiger partial charge < -0.3 is 0 Å². The van der Waals surface area contributed by atoms with Gasteiger partial charge in [-0.25, -0.2) is 9.37 Å². The zero-order chi connectivity index (χ0) is 8.43. The van der Waals surface area contributed by atoms with Gasteiger partial charge in [0.1, 0.15) is 16.8 Å². The predicted molar refractivity (Wildman–Crippen MR) is 38.9 cm³/mol. The third-order valence-electron chi connectivity index (χ3n) is 1.04. The summed E-state index contributed by atoms with van der Waals surface area (Å²) in [5.41, 5.74) is -0.320. The lowest BCUT2D eigenvalue weighted by Crippen LogP contribution is -1.89. The van der Waals surface area contributed by atoms with Crippen molar-refractivity contribution in [3.8, 4) is 6.07 Å². The molecule has 56 valence electrons. The SMILES string of the molecule is N#Cc1c(Cl)ncc(Cl)c1F. The molecular weight excluding hydrogens is 190 g/mol. The highest BCUT2D eigenvalue weighted by Crippen LogP contribution is 2.21. The number of nitrogens with zero attached hydrogens (tertiary/aromatic N) is 2. The average Bonchev–Trinajstić information content (AvgIpc) is 1.99. The van der Waals surface area contributed by atoms with Crippen LogP contribution in [0.4, 0.5) is 4.39 Å². The Morgan fingerprint density at radius 1 is 1.55 bits per heavy atom. The van der Waals surface area contributed by atoms with E-state index >= 15 is 0 Å². The van der Waals surface area contributed by atoms with E-state index in [1.807, 2.05) is 0 Å². The first kappa shape index (κ1) is 8.25. The van der Waals surface area contributed by atoms with E-state index in [-0.39, 0.29) is 15.7 Å². The van der Waals surface area contributed by atoms with Crippen molar-refractivity contribution in [1.29, 1.82) is 5.26 Å². The van der Waals surface area contributed by atoms with E-state index in [4.69, 9.17) is 28.5 Å². The minimum absolute atomic E-state index is 0.172. The molecule has 0 aliphatic heterocycles. The van der Waals surface area contributed by atoms with Crippen LogP contribution in [0.5, 0.6) is 0 Å². The average molecular weight is 191 g/mol. The van der Waals surface area contributed by atoms with Crippen LogP contribution in [-0.4, -0.2) is 4.98 Å². The Bertz CT molecular complexity index is 332. The second-order valence-corrected chi connectivity index (χ2v) is 2.46. The topological polar surface area (TPSA) is 36.7 Å². The van der Waals surface area contributed by atoms with Crippen LogP contribution in [0.25, 0.3) is 0 Å². The predicted octanol–water partition coefficient (Wildman–Crippen LogP) is 2.40. The molecule has 0 aromatic carbocycles. The molecule has 0 saturated carbocycles. The van der Waals surface area contributed by atoms with Gasteiger partial charge in [0.2, 0.25) is 0 Å². The molecule has 0 N–H and O–H groups in total. The molecule has 0 spiro atoms. The van der Waals surface area contributed by atoms with Crippen LogP contribution in [0.3, 0.4) is 0 Å². The van der Waals surface area contributed by atoms with Crippen molar-refractivity contribution >= 4 is 23.2 Å². The molecule has 0 atom stereocenters. The molecule has 0 aliphatic carbocycles. The summed E-state index contributed by atoms with van der Waals surface area (Å²) in [6.07, 6.45) is 1.06. The Morgan fingerprint density at radius 2 is 2.18 bits per heavy atom. The summed E-state index contributed by atoms with van der Waals surface area (Å²) in [4.78, 5) is 3.48. The Labute approximate surface area is 72.2 Å². The summed E-state index contributed by atoms with van der Waals surface area (Å²) in [5.74, 6) is -0.825. The first-order chi connectivity index (χ1) is 5.16. The third-order valence-corrected chi connectivity index (χ3v) is 1.59. The summed E-state index contributed by atoms with van der Waals surface area (Å²) in [6, 6.07) is 1.55. The maximum absolute atomic E-state index is 12.8. The summed E-state index contributed by atoms with van der Waals surface area (Å²) in [6.45, 7) is 0. The monoisotopic (exact) mass is 190 g/mol. The molecule has 0 fully saturated rings. The number of hydrogen-bond acceptors (Lipinski definition) is 2. The largest absolute Gasteiger partial charge is 0.241 e. The molecule has 0 radical (unpaired) electrons. The minimum atomic E-state index is -0.825. The van der Waals surface area contributed by atoms with Gasteiger partial charge in [0, 0.05) is 0 Å². The Hall–Kier alpha value is -0.850. The molecule has 11 heavy (non-hydrogen) atoms. The van der Waals surface area contributed by atoms with Gasteiger partial charge in [0.25, 0.3) is 0 Å². The Balaban J connectivity index is 3.44. The maximum atomic E-state index is 12.8. The van der Waals surface area contributed by atoms with Crippen molar-refractivity contribution in [2.45, 2.75) is 0 Å². The molecular formula is C6HCl2FN2. The van der Waals surface area contributed by atoms with E-state index in [0.29, 0.717) is 0 Å². The number of rotatable bonds is 0. The summed E-state index contributed by atoms with van der Waals surface area (Å²) in [7, 11) is 0. The highest BCUT2D eigenvalue weighted by atomic mass is 35.5. The molecule has 1 aromatic rings. The lowest BCUT2D eigenvalue weighted by atomic mass is 10.3. The van der Waals surface area contributed by atoms with Gasteiger partial charge >= 0.3 is 0 Å². The second-order valence-electron chi connectivity index (χ2n) is 1.70. The van der Waals surface area contributed by atoms with Crippen LogP contribution in [0.1, 0.15) is 5.56 Å². The second kappa shape index (κ2) is 3.04. The standard InChI is InChI=1S/C6HCl2FN2/c7-4-2-11-6(8)3(1-10)5(4)9/h2H. The number of pyridine rings is 1. The lowest BCUT2D eigenvalue weighted by molar-refractivity contribution is 0.622. The van der Waals surface area contributed by atoms with Gasteiger partial charge in [-0.2, -0.15) is 5.26 Å². The van der Waals surface area contributed by atoms with Gasteiger partial charge in [-0.1, -0.05) is 23.2 Å². The minimum Gasteiger partial charge on any atom is -0.241 e. The summed E-state index contributed by atoms with van der Waals surface area (Å²) >= 11 is 10.7. The Morgan fingerprint density at radius 3 is 2.64 bits per heavy atom.